The van der Waals surface area contributed by atoms with E-state index in [1.807, 2.05) is 0 Å². The van der Waals surface area contributed by atoms with Crippen molar-refractivity contribution < 1.29 is 26.6 Å². The van der Waals surface area contributed by atoms with Crippen molar-refractivity contribution >= 4 is 0 Å². The molecule has 0 unspecified atom stereocenters. The van der Waals surface area contributed by atoms with Gasteiger partial charge in [0.15, 0.2) is 0 Å². The molecule has 0 aliphatic heterocycles. The molecule has 0 fully saturated rings. The number of hydrogen-bond acceptors (Lipinski definition) is 1. The van der Waals surface area contributed by atoms with Crippen LogP contribution in [0.1, 0.15) is 13.8 Å². The van der Waals surface area contributed by atoms with Crippen LogP contribution in [-0.4, -0.2) is 42.9 Å². The maximum absolute atomic E-state index is 8.65. The Labute approximate surface area is 74.2 Å². The second kappa shape index (κ2) is 6.13. The fraction of sp³-hybridized carbons (Fsp3) is 1.00. The normalized spacial score (nSPS) is 10.8. The molecular formula is C7H18BrNO. The summed E-state index contributed by atoms with van der Waals surface area (Å²) in [5, 5.41) is 8.65. The highest BCUT2D eigenvalue weighted by atomic mass is 79.9. The third kappa shape index (κ3) is 4.25. The maximum Gasteiger partial charge on any atom is 0.102 e. The number of quaternary nitrogens is 1. The Kier molecular flexibility index (Phi) is 7.99. The highest BCUT2D eigenvalue weighted by molar-refractivity contribution is 4.30. The first-order valence-electron chi connectivity index (χ1n) is 3.63. The molecule has 0 saturated carbocycles. The van der Waals surface area contributed by atoms with E-state index in [1.165, 1.54) is 0 Å². The largest absolute Gasteiger partial charge is 1.00 e. The highest BCUT2D eigenvalue weighted by Crippen LogP contribution is 1.98. The first-order valence-corrected chi connectivity index (χ1v) is 3.63. The Morgan fingerprint density at radius 1 is 1.20 bits per heavy atom. The van der Waals surface area contributed by atoms with Crippen LogP contribution in [0.3, 0.4) is 0 Å². The molecule has 3 heteroatoms. The van der Waals surface area contributed by atoms with Crippen LogP contribution in [0.15, 0.2) is 0 Å². The van der Waals surface area contributed by atoms with Gasteiger partial charge < -0.3 is 26.6 Å². The van der Waals surface area contributed by atoms with Crippen molar-refractivity contribution in [2.75, 3.05) is 33.3 Å². The van der Waals surface area contributed by atoms with E-state index in [4.69, 9.17) is 5.11 Å². The van der Waals surface area contributed by atoms with Crippen LogP contribution in [-0.2, 0) is 0 Å². The predicted molar refractivity (Wildman–Crippen MR) is 39.2 cm³/mol. The molecule has 0 atom stereocenters. The van der Waals surface area contributed by atoms with Gasteiger partial charge in [0.25, 0.3) is 0 Å². The molecule has 10 heavy (non-hydrogen) atoms. The van der Waals surface area contributed by atoms with Gasteiger partial charge in [-0.15, -0.1) is 0 Å². The minimum atomic E-state index is 0. The number of nitrogens with zero attached hydrogens (tertiary/aromatic N) is 1. The third-order valence-corrected chi connectivity index (χ3v) is 2.17. The lowest BCUT2D eigenvalue weighted by molar-refractivity contribution is -0.906. The molecule has 0 heterocycles. The summed E-state index contributed by atoms with van der Waals surface area (Å²) < 4.78 is 0.983. The van der Waals surface area contributed by atoms with E-state index in [0.29, 0.717) is 6.61 Å². The summed E-state index contributed by atoms with van der Waals surface area (Å²) in [5.41, 5.74) is 0. The zero-order valence-electron chi connectivity index (χ0n) is 7.10. The second-order valence-electron chi connectivity index (χ2n) is 2.70. The first kappa shape index (κ1) is 13.0. The zero-order chi connectivity index (χ0) is 7.33. The number of hydrogen-bond donors (Lipinski definition) is 1. The van der Waals surface area contributed by atoms with Crippen LogP contribution < -0.4 is 17.0 Å². The Morgan fingerprint density at radius 3 is 1.70 bits per heavy atom. The second-order valence-corrected chi connectivity index (χ2v) is 2.70. The van der Waals surface area contributed by atoms with Crippen LogP contribution in [0.4, 0.5) is 0 Å². The molecule has 0 aromatic carbocycles. The van der Waals surface area contributed by atoms with Crippen molar-refractivity contribution in [3.8, 4) is 0 Å². The molecule has 0 spiro atoms. The molecule has 0 rings (SSSR count). The third-order valence-electron chi connectivity index (χ3n) is 2.17. The number of aliphatic hydroxyl groups is 1. The summed E-state index contributed by atoms with van der Waals surface area (Å²) in [5.74, 6) is 0. The molecule has 1 N–H and O–H groups in total. The van der Waals surface area contributed by atoms with Gasteiger partial charge >= 0.3 is 0 Å². The summed E-state index contributed by atoms with van der Waals surface area (Å²) in [6, 6.07) is 0. The van der Waals surface area contributed by atoms with Gasteiger partial charge in [0.1, 0.15) is 6.54 Å². The van der Waals surface area contributed by atoms with Crippen molar-refractivity contribution in [1.82, 2.24) is 0 Å². The molecule has 2 nitrogen and oxygen atoms in total. The summed E-state index contributed by atoms with van der Waals surface area (Å²) in [4.78, 5) is 0. The highest BCUT2D eigenvalue weighted by Gasteiger charge is 2.13. The Morgan fingerprint density at radius 2 is 1.60 bits per heavy atom. The summed E-state index contributed by atoms with van der Waals surface area (Å²) in [7, 11) is 2.16. The molecule has 0 aliphatic rings. The van der Waals surface area contributed by atoms with Crippen LogP contribution in [0.2, 0.25) is 0 Å². The molecule has 0 aromatic rings. The van der Waals surface area contributed by atoms with Gasteiger partial charge in [-0.25, -0.2) is 0 Å². The van der Waals surface area contributed by atoms with Gasteiger partial charge in [-0.3, -0.25) is 0 Å². The molecule has 64 valence electrons. The van der Waals surface area contributed by atoms with Crippen LogP contribution >= 0.6 is 0 Å². The molecule has 0 amide bonds. The Balaban J connectivity index is 0. The SMILES string of the molecule is CC[N+](C)(CC)CCO.[Br-]. The molecule has 0 saturated heterocycles. The van der Waals surface area contributed by atoms with Gasteiger partial charge in [0, 0.05) is 0 Å². The van der Waals surface area contributed by atoms with E-state index < -0.39 is 0 Å². The van der Waals surface area contributed by atoms with E-state index in [1.54, 1.807) is 0 Å². The lowest BCUT2D eigenvalue weighted by Crippen LogP contribution is -3.00. The number of halogens is 1. The predicted octanol–water partition coefficient (Wildman–Crippen LogP) is -2.53. The molecule has 0 aliphatic carbocycles. The van der Waals surface area contributed by atoms with E-state index in [9.17, 15) is 0 Å². The van der Waals surface area contributed by atoms with Gasteiger partial charge in [0.05, 0.1) is 26.7 Å². The minimum absolute atomic E-state index is 0. The zero-order valence-corrected chi connectivity index (χ0v) is 8.69. The topological polar surface area (TPSA) is 20.2 Å². The smallest absolute Gasteiger partial charge is 0.102 e. The molecule has 0 bridgehead atoms. The lowest BCUT2D eigenvalue weighted by atomic mass is 10.4. The minimum Gasteiger partial charge on any atom is -1.00 e. The van der Waals surface area contributed by atoms with Gasteiger partial charge in [-0.05, 0) is 13.8 Å². The Bertz CT molecular complexity index is 74.0. The average molecular weight is 212 g/mol. The summed E-state index contributed by atoms with van der Waals surface area (Å²) >= 11 is 0. The van der Waals surface area contributed by atoms with E-state index in [0.717, 1.165) is 24.1 Å². The number of aliphatic hydroxyl groups excluding tert-OH is 1. The lowest BCUT2D eigenvalue weighted by Gasteiger charge is -2.31. The van der Waals surface area contributed by atoms with E-state index >= 15 is 0 Å². The molecule has 0 aromatic heterocycles. The summed E-state index contributed by atoms with van der Waals surface area (Å²) in [6.07, 6.45) is 0. The summed E-state index contributed by atoms with van der Waals surface area (Å²) in [6.45, 7) is 7.71. The van der Waals surface area contributed by atoms with Crippen LogP contribution in [0.5, 0.6) is 0 Å². The molecule has 0 radical (unpaired) electrons. The van der Waals surface area contributed by atoms with Gasteiger partial charge in [-0.2, -0.15) is 0 Å². The van der Waals surface area contributed by atoms with Gasteiger partial charge in [-0.1, -0.05) is 0 Å². The van der Waals surface area contributed by atoms with E-state index in [-0.39, 0.29) is 17.0 Å². The standard InChI is InChI=1S/C7H18NO.BrH/c1-4-8(3,5-2)6-7-9;/h9H,4-7H2,1-3H3;1H/q+1;/p-1. The van der Waals surface area contributed by atoms with Crippen LogP contribution in [0, 0.1) is 0 Å². The fourth-order valence-corrected chi connectivity index (χ4v) is 0.781. The fourth-order valence-electron chi connectivity index (χ4n) is 0.781. The quantitative estimate of drug-likeness (QED) is 0.509. The Hall–Kier alpha value is 0.400. The maximum atomic E-state index is 8.65. The number of rotatable bonds is 4. The number of likely N-dealkylation sites (N-methyl/N-ethyl adjacent to an activating group) is 1. The van der Waals surface area contributed by atoms with Crippen molar-refractivity contribution in [1.29, 1.82) is 0 Å². The van der Waals surface area contributed by atoms with E-state index in [2.05, 4.69) is 20.9 Å². The van der Waals surface area contributed by atoms with Crippen molar-refractivity contribution in [2.45, 2.75) is 13.8 Å². The average Bonchev–Trinajstić information content (AvgIpc) is 1.89. The van der Waals surface area contributed by atoms with Gasteiger partial charge in [0.2, 0.25) is 0 Å². The monoisotopic (exact) mass is 211 g/mol. The van der Waals surface area contributed by atoms with Crippen molar-refractivity contribution in [3.63, 3.8) is 0 Å². The first-order chi connectivity index (χ1) is 4.18. The van der Waals surface area contributed by atoms with Crippen LogP contribution in [0.25, 0.3) is 0 Å². The molecular weight excluding hydrogens is 194 g/mol. The van der Waals surface area contributed by atoms with Crippen molar-refractivity contribution in [3.05, 3.63) is 0 Å². The van der Waals surface area contributed by atoms with Crippen molar-refractivity contribution in [2.24, 2.45) is 0 Å².